The number of benzene rings is 8. The molecule has 12 aromatic rings. The number of hydrogen-bond acceptors (Lipinski definition) is 5. The second-order valence-electron chi connectivity index (χ2n) is 13.6. The Labute approximate surface area is 311 Å². The maximum atomic E-state index is 6.39. The van der Waals surface area contributed by atoms with E-state index in [9.17, 15) is 0 Å². The topological polar surface area (TPSA) is 29.5 Å². The van der Waals surface area contributed by atoms with Gasteiger partial charge in [0.25, 0.3) is 0 Å². The molecule has 4 aromatic heterocycles. The first kappa shape index (κ1) is 29.2. The molecule has 0 amide bonds. The summed E-state index contributed by atoms with van der Waals surface area (Å²) in [4.78, 5) is 2.47. The van der Waals surface area contributed by atoms with Gasteiger partial charge in [0.2, 0.25) is 0 Å². The first-order valence-electron chi connectivity index (χ1n) is 17.7. The van der Waals surface area contributed by atoms with Gasteiger partial charge in [0, 0.05) is 58.2 Å². The number of thiophene rings is 2. The summed E-state index contributed by atoms with van der Waals surface area (Å²) in [5, 5.41) is 9.56. The van der Waals surface area contributed by atoms with E-state index in [1.165, 1.54) is 51.7 Å². The molecule has 0 fully saturated rings. The number of hydrogen-bond donors (Lipinski definition) is 0. The first-order chi connectivity index (χ1) is 26.3. The molecule has 0 saturated heterocycles. The van der Waals surface area contributed by atoms with Crippen molar-refractivity contribution in [2.24, 2.45) is 0 Å². The van der Waals surface area contributed by atoms with Crippen LogP contribution in [0, 0.1) is 0 Å². The van der Waals surface area contributed by atoms with Crippen LogP contribution in [0.15, 0.2) is 173 Å². The Morgan fingerprint density at radius 3 is 1.49 bits per heavy atom. The average Bonchev–Trinajstić information content (AvgIpc) is 3.98. The van der Waals surface area contributed by atoms with Gasteiger partial charge in [-0.2, -0.15) is 0 Å². The lowest BCUT2D eigenvalue weighted by atomic mass is 10.00. The second-order valence-corrected chi connectivity index (χ2v) is 15.7. The lowest BCUT2D eigenvalue weighted by Crippen LogP contribution is -2.10. The largest absolute Gasteiger partial charge is 0.456 e. The van der Waals surface area contributed by atoms with E-state index in [0.29, 0.717) is 0 Å². The Hall–Kier alpha value is -6.40. The number of fused-ring (bicyclic) bond motifs is 13. The number of rotatable bonds is 4. The molecule has 53 heavy (non-hydrogen) atoms. The molecule has 0 unspecified atom stereocenters. The predicted octanol–water partition coefficient (Wildman–Crippen LogP) is 15.4. The maximum absolute atomic E-state index is 6.39. The van der Waals surface area contributed by atoms with Crippen LogP contribution in [-0.2, 0) is 0 Å². The third-order valence-corrected chi connectivity index (χ3v) is 13.1. The molecule has 0 radical (unpaired) electrons. The summed E-state index contributed by atoms with van der Waals surface area (Å²) in [7, 11) is 0. The molecule has 0 spiro atoms. The predicted molar refractivity (Wildman–Crippen MR) is 227 cm³/mol. The minimum Gasteiger partial charge on any atom is -0.456 e. The van der Waals surface area contributed by atoms with Gasteiger partial charge in [-0.25, -0.2) is 0 Å². The highest BCUT2D eigenvalue weighted by Crippen LogP contribution is 2.49. The minimum absolute atomic E-state index is 0.869. The molecule has 3 nitrogen and oxygen atoms in total. The molecule has 0 aliphatic carbocycles. The van der Waals surface area contributed by atoms with Crippen molar-refractivity contribution in [1.29, 1.82) is 0 Å². The van der Waals surface area contributed by atoms with Crippen molar-refractivity contribution in [3.63, 3.8) is 0 Å². The lowest BCUT2D eigenvalue weighted by molar-refractivity contribution is 0.663. The van der Waals surface area contributed by atoms with E-state index in [1.807, 2.05) is 46.9 Å². The van der Waals surface area contributed by atoms with E-state index in [1.54, 1.807) is 0 Å². The third kappa shape index (κ3) is 4.26. The number of nitrogens with zero attached hydrogens (tertiary/aromatic N) is 1. The smallest absolute Gasteiger partial charge is 0.136 e. The van der Waals surface area contributed by atoms with E-state index in [-0.39, 0.29) is 0 Å². The van der Waals surface area contributed by atoms with Crippen LogP contribution in [-0.4, -0.2) is 0 Å². The molecule has 0 aliphatic heterocycles. The summed E-state index contributed by atoms with van der Waals surface area (Å²) in [6.45, 7) is 0. The average molecular weight is 714 g/mol. The molecular weight excluding hydrogens is 687 g/mol. The van der Waals surface area contributed by atoms with Crippen molar-refractivity contribution in [2.45, 2.75) is 0 Å². The molecule has 0 bridgehead atoms. The Balaban J connectivity index is 1.05. The molecule has 0 atom stereocenters. The summed E-state index contributed by atoms with van der Waals surface area (Å²) in [5.74, 6) is 0. The van der Waals surface area contributed by atoms with Crippen LogP contribution in [0.4, 0.5) is 17.1 Å². The first-order valence-corrected chi connectivity index (χ1v) is 19.4. The van der Waals surface area contributed by atoms with Gasteiger partial charge in [-0.1, -0.05) is 97.1 Å². The minimum atomic E-state index is 0.869. The fraction of sp³-hybridized carbons (Fsp3) is 0. The molecule has 0 saturated carbocycles. The lowest BCUT2D eigenvalue weighted by Gasteiger charge is -2.27. The van der Waals surface area contributed by atoms with Crippen LogP contribution >= 0.6 is 22.7 Å². The van der Waals surface area contributed by atoms with E-state index in [2.05, 4.69) is 144 Å². The number of para-hydroxylation sites is 1. The molecule has 12 rings (SSSR count). The van der Waals surface area contributed by atoms with Gasteiger partial charge in [0.05, 0.1) is 20.8 Å². The van der Waals surface area contributed by atoms with Crippen molar-refractivity contribution >= 4 is 124 Å². The van der Waals surface area contributed by atoms with Crippen LogP contribution in [0.25, 0.3) is 95.3 Å². The van der Waals surface area contributed by atoms with Gasteiger partial charge < -0.3 is 13.7 Å². The Kier molecular flexibility index (Phi) is 6.09. The Morgan fingerprint density at radius 1 is 0.358 bits per heavy atom. The zero-order valence-electron chi connectivity index (χ0n) is 28.2. The fourth-order valence-electron chi connectivity index (χ4n) is 8.29. The van der Waals surface area contributed by atoms with Gasteiger partial charge in [-0.15, -0.1) is 22.7 Å². The van der Waals surface area contributed by atoms with Crippen LogP contribution in [0.1, 0.15) is 0 Å². The van der Waals surface area contributed by atoms with E-state index in [0.717, 1.165) is 60.7 Å². The standard InChI is InChI=1S/C48H27NO2S2/c1-4-16-39-35(11-1)45-41(50-39)25-26-42-46(45)36-27-29(21-24-40(36)51-42)28-19-22-30(23-20-28)49(37-14-7-12-33-31-9-2-5-17-43(31)52-47(33)37)38-15-8-13-34-32-10-3-6-18-44(32)53-48(34)38/h1-27H. The third-order valence-electron chi connectivity index (χ3n) is 10.7. The van der Waals surface area contributed by atoms with Crippen LogP contribution < -0.4 is 4.90 Å². The van der Waals surface area contributed by atoms with Crippen LogP contribution in [0.2, 0.25) is 0 Å². The maximum Gasteiger partial charge on any atom is 0.136 e. The monoisotopic (exact) mass is 713 g/mol. The molecule has 4 heterocycles. The summed E-state index contributed by atoms with van der Waals surface area (Å²) >= 11 is 3.73. The molecular formula is C48H27NO2S2. The molecule has 248 valence electrons. The SMILES string of the molecule is c1ccc2c(c1)oc1ccc3oc4ccc(-c5ccc(N(c6cccc7c6sc6ccccc67)c6cccc7c6sc6ccccc67)cc5)cc4c3c12. The highest BCUT2D eigenvalue weighted by Gasteiger charge is 2.22. The molecule has 5 heteroatoms. The van der Waals surface area contributed by atoms with E-state index >= 15 is 0 Å². The van der Waals surface area contributed by atoms with Crippen molar-refractivity contribution in [3.05, 3.63) is 164 Å². The van der Waals surface area contributed by atoms with Gasteiger partial charge >= 0.3 is 0 Å². The van der Waals surface area contributed by atoms with Crippen LogP contribution in [0.3, 0.4) is 0 Å². The molecule has 8 aromatic carbocycles. The van der Waals surface area contributed by atoms with Gasteiger partial charge in [0.1, 0.15) is 22.3 Å². The van der Waals surface area contributed by atoms with E-state index in [4.69, 9.17) is 8.83 Å². The van der Waals surface area contributed by atoms with E-state index < -0.39 is 0 Å². The van der Waals surface area contributed by atoms with Crippen molar-refractivity contribution < 1.29 is 8.83 Å². The quantitative estimate of drug-likeness (QED) is 0.182. The van der Waals surface area contributed by atoms with Crippen molar-refractivity contribution in [2.75, 3.05) is 4.90 Å². The zero-order chi connectivity index (χ0) is 34.6. The number of anilines is 3. The summed E-state index contributed by atoms with van der Waals surface area (Å²) in [6.07, 6.45) is 0. The highest BCUT2D eigenvalue weighted by atomic mass is 32.1. The summed E-state index contributed by atoms with van der Waals surface area (Å²) in [6, 6.07) is 58.8. The molecule has 0 aliphatic rings. The highest BCUT2D eigenvalue weighted by molar-refractivity contribution is 7.27. The summed E-state index contributed by atoms with van der Waals surface area (Å²) < 4.78 is 17.8. The fourth-order valence-corrected chi connectivity index (χ4v) is 10.7. The Bertz CT molecular complexity index is 3300. The zero-order valence-corrected chi connectivity index (χ0v) is 29.8. The second kappa shape index (κ2) is 11.1. The Morgan fingerprint density at radius 2 is 0.849 bits per heavy atom. The van der Waals surface area contributed by atoms with Crippen molar-refractivity contribution in [1.82, 2.24) is 0 Å². The van der Waals surface area contributed by atoms with Gasteiger partial charge in [-0.3, -0.25) is 0 Å². The van der Waals surface area contributed by atoms with Gasteiger partial charge in [-0.05, 0) is 77.9 Å². The normalized spacial score (nSPS) is 12.2. The molecule has 0 N–H and O–H groups in total. The summed E-state index contributed by atoms with van der Waals surface area (Å²) in [5.41, 5.74) is 9.27. The number of furan rings is 2. The van der Waals surface area contributed by atoms with Gasteiger partial charge in [0.15, 0.2) is 0 Å². The van der Waals surface area contributed by atoms with Crippen molar-refractivity contribution in [3.8, 4) is 11.1 Å². The van der Waals surface area contributed by atoms with Crippen LogP contribution in [0.5, 0.6) is 0 Å².